The third-order valence-corrected chi connectivity index (χ3v) is 4.64. The summed E-state index contributed by atoms with van der Waals surface area (Å²) >= 11 is 0. The smallest absolute Gasteiger partial charge is 0.317 e. The summed E-state index contributed by atoms with van der Waals surface area (Å²) in [5.74, 6) is -0.272. The molecule has 0 aromatic heterocycles. The highest BCUT2D eigenvalue weighted by atomic mass is 16.4. The number of hydrogen-bond acceptors (Lipinski definition) is 3. The number of benzene rings is 1. The van der Waals surface area contributed by atoms with Crippen molar-refractivity contribution in [3.8, 4) is 0 Å². The number of carboxylic acid groups (broad SMARTS) is 1. The maximum atomic E-state index is 12.1. The van der Waals surface area contributed by atoms with Gasteiger partial charge in [0.05, 0.1) is 12.6 Å². The van der Waals surface area contributed by atoms with E-state index in [0.29, 0.717) is 12.5 Å². The summed E-state index contributed by atoms with van der Waals surface area (Å²) in [5.41, 5.74) is 2.41. The summed E-state index contributed by atoms with van der Waals surface area (Å²) in [6, 6.07) is 8.00. The molecule has 3 rings (SSSR count). The lowest BCUT2D eigenvalue weighted by Gasteiger charge is -2.24. The zero-order valence-electron chi connectivity index (χ0n) is 12.8. The number of aliphatic carboxylic acids is 1. The minimum Gasteiger partial charge on any atom is -0.480 e. The van der Waals surface area contributed by atoms with Crippen molar-refractivity contribution in [3.05, 3.63) is 35.4 Å². The molecule has 2 aliphatic rings. The minimum absolute atomic E-state index is 0.0464. The summed E-state index contributed by atoms with van der Waals surface area (Å²) in [4.78, 5) is 26.5. The van der Waals surface area contributed by atoms with E-state index in [2.05, 4.69) is 17.4 Å². The van der Waals surface area contributed by atoms with Gasteiger partial charge in [0.2, 0.25) is 0 Å². The van der Waals surface area contributed by atoms with E-state index in [9.17, 15) is 9.59 Å². The Morgan fingerprint density at radius 3 is 2.59 bits per heavy atom. The number of nitrogens with zero attached hydrogens (tertiary/aromatic N) is 2. The van der Waals surface area contributed by atoms with Crippen LogP contribution in [0, 0.1) is 5.92 Å². The molecular weight excluding hydrogens is 282 g/mol. The zero-order chi connectivity index (χ0) is 15.9. The number of amides is 2. The van der Waals surface area contributed by atoms with Crippen LogP contribution in [0.5, 0.6) is 0 Å². The van der Waals surface area contributed by atoms with Crippen molar-refractivity contribution in [1.82, 2.24) is 15.1 Å². The largest absolute Gasteiger partial charge is 0.480 e. The first-order chi connectivity index (χ1) is 10.5. The van der Waals surface area contributed by atoms with Gasteiger partial charge in [-0.15, -0.1) is 0 Å². The Kier molecular flexibility index (Phi) is 3.78. The lowest BCUT2D eigenvalue weighted by Crippen LogP contribution is -2.40. The van der Waals surface area contributed by atoms with E-state index in [-0.39, 0.29) is 24.5 Å². The second-order valence-electron chi connectivity index (χ2n) is 6.31. The SMILES string of the molecule is CN(C)C(=O)N[C@H]1c2ccccc2[C@@H]2CN(CC(=O)O)C[C@@H]21. The first-order valence-corrected chi connectivity index (χ1v) is 7.48. The van der Waals surface area contributed by atoms with Gasteiger partial charge in [-0.1, -0.05) is 24.3 Å². The average Bonchev–Trinajstić information content (AvgIpc) is 2.97. The van der Waals surface area contributed by atoms with Crippen LogP contribution < -0.4 is 5.32 Å². The maximum Gasteiger partial charge on any atom is 0.317 e. The van der Waals surface area contributed by atoms with Crippen LogP contribution in [0.1, 0.15) is 23.1 Å². The van der Waals surface area contributed by atoms with Gasteiger partial charge < -0.3 is 15.3 Å². The second kappa shape index (κ2) is 5.61. The van der Waals surface area contributed by atoms with E-state index in [1.165, 1.54) is 16.0 Å². The maximum absolute atomic E-state index is 12.1. The fourth-order valence-corrected chi connectivity index (χ4v) is 3.71. The van der Waals surface area contributed by atoms with E-state index >= 15 is 0 Å². The van der Waals surface area contributed by atoms with Crippen molar-refractivity contribution in [2.75, 3.05) is 33.7 Å². The van der Waals surface area contributed by atoms with Crippen molar-refractivity contribution < 1.29 is 14.7 Å². The van der Waals surface area contributed by atoms with E-state index in [1.54, 1.807) is 14.1 Å². The lowest BCUT2D eigenvalue weighted by atomic mass is 9.94. The highest BCUT2D eigenvalue weighted by Gasteiger charge is 2.46. The van der Waals surface area contributed by atoms with Gasteiger partial charge in [0.25, 0.3) is 0 Å². The number of fused-ring (bicyclic) bond motifs is 3. The van der Waals surface area contributed by atoms with Gasteiger partial charge in [-0.25, -0.2) is 4.79 Å². The fourth-order valence-electron chi connectivity index (χ4n) is 3.71. The Morgan fingerprint density at radius 1 is 1.27 bits per heavy atom. The number of hydrogen-bond donors (Lipinski definition) is 2. The zero-order valence-corrected chi connectivity index (χ0v) is 12.8. The molecule has 1 heterocycles. The molecule has 1 aromatic carbocycles. The molecule has 0 saturated carbocycles. The van der Waals surface area contributed by atoms with Crippen molar-refractivity contribution in [3.63, 3.8) is 0 Å². The molecule has 1 aliphatic carbocycles. The molecule has 1 saturated heterocycles. The number of likely N-dealkylation sites (tertiary alicyclic amines) is 1. The van der Waals surface area contributed by atoms with Crippen molar-refractivity contribution in [2.24, 2.45) is 5.92 Å². The lowest BCUT2D eigenvalue weighted by molar-refractivity contribution is -0.138. The molecule has 1 aromatic rings. The standard InChI is InChI=1S/C16H21N3O3/c1-18(2)16(22)17-15-11-6-4-3-5-10(11)12-7-19(8-13(12)15)9-14(20)21/h3-6,12-13,15H,7-9H2,1-2H3,(H,17,22)(H,20,21)/t12-,13-,15-/m0/s1. The number of carboxylic acids is 1. The van der Waals surface area contributed by atoms with E-state index < -0.39 is 5.97 Å². The molecule has 0 bridgehead atoms. The summed E-state index contributed by atoms with van der Waals surface area (Å²) in [5, 5.41) is 12.1. The molecule has 118 valence electrons. The third-order valence-electron chi connectivity index (χ3n) is 4.64. The van der Waals surface area contributed by atoms with Crippen LogP contribution in [0.25, 0.3) is 0 Å². The summed E-state index contributed by atoms with van der Waals surface area (Å²) in [6.45, 7) is 1.50. The number of carbonyl (C=O) groups is 2. The highest BCUT2D eigenvalue weighted by Crippen LogP contribution is 2.49. The Balaban J connectivity index is 1.86. The quantitative estimate of drug-likeness (QED) is 0.877. The van der Waals surface area contributed by atoms with Crippen LogP contribution >= 0.6 is 0 Å². The summed E-state index contributed by atoms with van der Waals surface area (Å²) in [7, 11) is 3.44. The summed E-state index contributed by atoms with van der Waals surface area (Å²) in [6.07, 6.45) is 0. The van der Waals surface area contributed by atoms with E-state index in [4.69, 9.17) is 5.11 Å². The Hall–Kier alpha value is -2.08. The number of carbonyl (C=O) groups excluding carboxylic acids is 1. The van der Waals surface area contributed by atoms with Crippen molar-refractivity contribution in [2.45, 2.75) is 12.0 Å². The minimum atomic E-state index is -0.804. The molecule has 6 heteroatoms. The highest BCUT2D eigenvalue weighted by molar-refractivity contribution is 5.74. The van der Waals surface area contributed by atoms with Gasteiger partial charge in [0.15, 0.2) is 0 Å². The number of rotatable bonds is 3. The van der Waals surface area contributed by atoms with Crippen LogP contribution in [0.15, 0.2) is 24.3 Å². The third kappa shape index (κ3) is 2.54. The molecular formula is C16H21N3O3. The second-order valence-corrected chi connectivity index (χ2v) is 6.31. The monoisotopic (exact) mass is 303 g/mol. The molecule has 0 spiro atoms. The molecule has 0 unspecified atom stereocenters. The molecule has 2 amide bonds. The number of nitrogens with one attached hydrogen (secondary N) is 1. The van der Waals surface area contributed by atoms with E-state index in [0.717, 1.165) is 6.54 Å². The molecule has 1 aliphatic heterocycles. The predicted molar refractivity (Wildman–Crippen MR) is 81.7 cm³/mol. The molecule has 1 fully saturated rings. The molecule has 2 N–H and O–H groups in total. The Bertz CT molecular complexity index is 602. The van der Waals surface area contributed by atoms with E-state index in [1.807, 2.05) is 17.0 Å². The van der Waals surface area contributed by atoms with Crippen molar-refractivity contribution in [1.29, 1.82) is 0 Å². The van der Waals surface area contributed by atoms with Crippen LogP contribution in [-0.4, -0.2) is 60.6 Å². The van der Waals surface area contributed by atoms with Gasteiger partial charge in [0, 0.05) is 39.0 Å². The summed E-state index contributed by atoms with van der Waals surface area (Å²) < 4.78 is 0. The first kappa shape index (κ1) is 14.8. The van der Waals surface area contributed by atoms with Gasteiger partial charge in [0.1, 0.15) is 0 Å². The van der Waals surface area contributed by atoms with Gasteiger partial charge >= 0.3 is 12.0 Å². The Morgan fingerprint density at radius 2 is 1.95 bits per heavy atom. The molecule has 22 heavy (non-hydrogen) atoms. The topological polar surface area (TPSA) is 72.9 Å². The Labute approximate surface area is 129 Å². The van der Waals surface area contributed by atoms with Crippen molar-refractivity contribution >= 4 is 12.0 Å². The van der Waals surface area contributed by atoms with Crippen LogP contribution in [0.2, 0.25) is 0 Å². The normalized spacial score (nSPS) is 26.4. The van der Waals surface area contributed by atoms with Gasteiger partial charge in [-0.05, 0) is 11.1 Å². The van der Waals surface area contributed by atoms with Crippen LogP contribution in [0.3, 0.4) is 0 Å². The fraction of sp³-hybridized carbons (Fsp3) is 0.500. The predicted octanol–water partition coefficient (Wildman–Crippen LogP) is 1.11. The number of urea groups is 1. The van der Waals surface area contributed by atoms with Gasteiger partial charge in [-0.2, -0.15) is 0 Å². The van der Waals surface area contributed by atoms with Crippen LogP contribution in [0.4, 0.5) is 4.79 Å². The molecule has 0 radical (unpaired) electrons. The van der Waals surface area contributed by atoms with Gasteiger partial charge in [-0.3, -0.25) is 9.69 Å². The first-order valence-electron chi connectivity index (χ1n) is 7.48. The van der Waals surface area contributed by atoms with Crippen LogP contribution in [-0.2, 0) is 4.79 Å². The molecule has 3 atom stereocenters. The average molecular weight is 303 g/mol. The molecule has 6 nitrogen and oxygen atoms in total.